The molecule has 0 aliphatic rings. The number of amides is 1. The van der Waals surface area contributed by atoms with Crippen molar-refractivity contribution in [1.82, 2.24) is 5.32 Å². The van der Waals surface area contributed by atoms with Crippen molar-refractivity contribution < 1.29 is 37.3 Å². The van der Waals surface area contributed by atoms with Crippen LogP contribution in [0.1, 0.15) is 239 Å². The molecule has 1 amide bonds. The maximum Gasteiger partial charge on any atom is 0.472 e. The van der Waals surface area contributed by atoms with Gasteiger partial charge in [-0.05, 0) is 83.1 Å². The van der Waals surface area contributed by atoms with E-state index in [4.69, 9.17) is 13.8 Å². The van der Waals surface area contributed by atoms with E-state index in [1.54, 1.807) is 0 Å². The number of carbonyl (C=O) groups excluding carboxylic acids is 2. The van der Waals surface area contributed by atoms with Crippen LogP contribution >= 0.6 is 7.82 Å². The van der Waals surface area contributed by atoms with Gasteiger partial charge in [-0.1, -0.05) is 228 Å². The van der Waals surface area contributed by atoms with Gasteiger partial charge in [0.2, 0.25) is 5.91 Å². The first-order valence-electron chi connectivity index (χ1n) is 28.9. The number of ether oxygens (including phenoxy) is 1. The average Bonchev–Trinajstić information content (AvgIpc) is 3.33. The van der Waals surface area contributed by atoms with Gasteiger partial charge in [0.1, 0.15) is 19.3 Å². The molecule has 3 atom stereocenters. The Morgan fingerprint density at radius 2 is 0.901 bits per heavy atom. The first-order valence-corrected chi connectivity index (χ1v) is 30.4. The largest absolute Gasteiger partial charge is 0.472 e. The lowest BCUT2D eigenvalue weighted by Crippen LogP contribution is -2.47. The number of nitrogens with zero attached hydrogens (tertiary/aromatic N) is 1. The van der Waals surface area contributed by atoms with Crippen molar-refractivity contribution in [2.75, 3.05) is 40.9 Å². The van der Waals surface area contributed by atoms with Crippen LogP contribution in [0, 0.1) is 0 Å². The van der Waals surface area contributed by atoms with Gasteiger partial charge in [-0.25, -0.2) is 4.57 Å². The molecule has 10 heteroatoms. The first kappa shape index (κ1) is 68.2. The number of unbranched alkanes of at least 4 members (excludes halogenated alkanes) is 23. The molecule has 0 saturated heterocycles. The monoisotopic (exact) mass is 1010 g/mol. The van der Waals surface area contributed by atoms with Crippen LogP contribution in [0.4, 0.5) is 0 Å². The summed E-state index contributed by atoms with van der Waals surface area (Å²) in [6.45, 7) is 6.85. The van der Waals surface area contributed by atoms with Crippen molar-refractivity contribution in [3.05, 3.63) is 85.1 Å². The summed E-state index contributed by atoms with van der Waals surface area (Å²) in [7, 11) is 1.46. The van der Waals surface area contributed by atoms with Gasteiger partial charge < -0.3 is 19.4 Å². The molecule has 71 heavy (non-hydrogen) atoms. The van der Waals surface area contributed by atoms with E-state index >= 15 is 0 Å². The predicted octanol–water partition coefficient (Wildman–Crippen LogP) is 17.4. The number of nitrogens with one attached hydrogen (secondary N) is 1. The molecule has 0 bridgehead atoms. The quantitative estimate of drug-likeness (QED) is 0.0205. The van der Waals surface area contributed by atoms with Crippen LogP contribution in [0.5, 0.6) is 0 Å². The van der Waals surface area contributed by atoms with Crippen LogP contribution in [0.3, 0.4) is 0 Å². The van der Waals surface area contributed by atoms with Crippen molar-refractivity contribution in [1.29, 1.82) is 0 Å². The Labute approximate surface area is 437 Å². The number of quaternary nitrogens is 1. The third-order valence-corrected chi connectivity index (χ3v) is 13.3. The van der Waals surface area contributed by atoms with Crippen LogP contribution < -0.4 is 5.32 Å². The number of phosphoric ester groups is 1. The summed E-state index contributed by atoms with van der Waals surface area (Å²) in [6, 6.07) is -0.867. The topological polar surface area (TPSA) is 111 Å². The number of carbonyl (C=O) groups is 2. The van der Waals surface area contributed by atoms with E-state index in [0.29, 0.717) is 23.9 Å². The van der Waals surface area contributed by atoms with Gasteiger partial charge in [-0.3, -0.25) is 18.6 Å². The van der Waals surface area contributed by atoms with Gasteiger partial charge in [0.05, 0.1) is 33.8 Å². The minimum Gasteiger partial charge on any atom is -0.456 e. The minimum atomic E-state index is -4.45. The molecule has 0 aliphatic carbocycles. The van der Waals surface area contributed by atoms with E-state index in [1.165, 1.54) is 109 Å². The maximum atomic E-state index is 13.5. The normalized spacial score (nSPS) is 14.4. The zero-order valence-electron chi connectivity index (χ0n) is 46.7. The first-order chi connectivity index (χ1) is 34.4. The Morgan fingerprint density at radius 3 is 1.37 bits per heavy atom. The number of allylic oxidation sites excluding steroid dienone is 13. The highest BCUT2D eigenvalue weighted by Crippen LogP contribution is 2.43. The Kier molecular flexibility index (Phi) is 48.7. The molecule has 0 fully saturated rings. The second kappa shape index (κ2) is 50.7. The lowest BCUT2D eigenvalue weighted by atomic mass is 10.0. The Bertz CT molecular complexity index is 1490. The maximum absolute atomic E-state index is 13.5. The molecule has 0 radical (unpaired) electrons. The highest BCUT2D eigenvalue weighted by molar-refractivity contribution is 7.47. The van der Waals surface area contributed by atoms with Crippen LogP contribution in [-0.4, -0.2) is 74.3 Å². The fraction of sp³-hybridized carbons (Fsp3) is 0.738. The molecular formula is C61H110N2O7P+. The Hall–Kier alpha value is -2.81. The molecule has 0 spiro atoms. The lowest BCUT2D eigenvalue weighted by molar-refractivity contribution is -0.870. The average molecular weight is 1010 g/mol. The van der Waals surface area contributed by atoms with Gasteiger partial charge >= 0.3 is 13.8 Å². The molecule has 0 aromatic heterocycles. The van der Waals surface area contributed by atoms with Crippen LogP contribution in [-0.2, 0) is 27.9 Å². The molecule has 0 aromatic carbocycles. The number of esters is 1. The van der Waals surface area contributed by atoms with E-state index in [9.17, 15) is 19.0 Å². The van der Waals surface area contributed by atoms with Gasteiger partial charge in [-0.2, -0.15) is 0 Å². The molecule has 3 unspecified atom stereocenters. The molecule has 0 rings (SSSR count). The molecule has 9 nitrogen and oxygen atoms in total. The van der Waals surface area contributed by atoms with E-state index in [1.807, 2.05) is 33.3 Å². The van der Waals surface area contributed by atoms with Crippen molar-refractivity contribution >= 4 is 19.7 Å². The second-order valence-corrected chi connectivity index (χ2v) is 21.9. The highest BCUT2D eigenvalue weighted by atomic mass is 31.2. The van der Waals surface area contributed by atoms with E-state index in [-0.39, 0.29) is 31.5 Å². The number of hydrogen-bond donors (Lipinski definition) is 2. The summed E-state index contributed by atoms with van der Waals surface area (Å²) in [5.41, 5.74) is 0. The highest BCUT2D eigenvalue weighted by Gasteiger charge is 2.30. The number of rotatable bonds is 51. The number of hydrogen-bond acceptors (Lipinski definition) is 6. The number of phosphoric acid groups is 1. The van der Waals surface area contributed by atoms with Gasteiger partial charge in [0.25, 0.3) is 0 Å². The molecule has 0 saturated carbocycles. The summed E-state index contributed by atoms with van der Waals surface area (Å²) in [6.07, 6.45) is 65.8. The van der Waals surface area contributed by atoms with Gasteiger partial charge in [0, 0.05) is 12.8 Å². The lowest BCUT2D eigenvalue weighted by Gasteiger charge is -2.27. The fourth-order valence-electron chi connectivity index (χ4n) is 7.88. The molecule has 0 heterocycles. The van der Waals surface area contributed by atoms with Crippen LogP contribution in [0.15, 0.2) is 85.1 Å². The summed E-state index contributed by atoms with van der Waals surface area (Å²) >= 11 is 0. The van der Waals surface area contributed by atoms with Crippen molar-refractivity contribution in [2.45, 2.75) is 251 Å². The van der Waals surface area contributed by atoms with E-state index in [2.05, 4.69) is 99.0 Å². The molecule has 410 valence electrons. The van der Waals surface area contributed by atoms with Gasteiger partial charge in [0.15, 0.2) is 0 Å². The molecule has 2 N–H and O–H groups in total. The second-order valence-electron chi connectivity index (χ2n) is 20.4. The van der Waals surface area contributed by atoms with Crippen molar-refractivity contribution in [3.8, 4) is 0 Å². The number of likely N-dealkylation sites (N-methyl/N-ethyl adjacent to an activating group) is 1. The van der Waals surface area contributed by atoms with Crippen LogP contribution in [0.2, 0.25) is 0 Å². The third kappa shape index (κ3) is 51.9. The Morgan fingerprint density at radius 1 is 0.507 bits per heavy atom. The fourth-order valence-corrected chi connectivity index (χ4v) is 8.62. The Balaban J connectivity index is 5.36. The zero-order chi connectivity index (χ0) is 52.2. The predicted molar refractivity (Wildman–Crippen MR) is 304 cm³/mol. The smallest absolute Gasteiger partial charge is 0.456 e. The standard InChI is InChI=1S/C61H109N2O7P/c1-7-10-13-16-19-22-25-27-28-29-30-31-32-33-34-36-39-42-45-48-51-54-61(65)70-59(52-49-46-43-40-37-24-21-18-15-12-9-3)58(57-69-71(66,67)68-56-55-63(4,5)6)62-60(64)53-50-47-44-41-38-35-26-23-20-17-14-11-8-2/h10,13,19,22,27-28,30-31,33-34,39,42,49,52,58-59H,7-9,11-12,14-18,20-21,23-26,29,32,35-38,40-41,43-48,50-51,53-57H2,1-6H3,(H-,62,64,66,67)/p+1/b13-10-,22-19-,28-27-,31-30-,34-33-,42-39-,52-49+. The minimum absolute atomic E-state index is 0.0307. The molecule has 0 aliphatic heterocycles. The summed E-state index contributed by atoms with van der Waals surface area (Å²) in [5, 5.41) is 3.03. The summed E-state index contributed by atoms with van der Waals surface area (Å²) in [5.74, 6) is -0.558. The zero-order valence-corrected chi connectivity index (χ0v) is 47.6. The molecular weight excluding hydrogens is 904 g/mol. The van der Waals surface area contributed by atoms with Crippen molar-refractivity contribution in [3.63, 3.8) is 0 Å². The summed E-state index contributed by atoms with van der Waals surface area (Å²) < 4.78 is 30.5. The van der Waals surface area contributed by atoms with E-state index < -0.39 is 20.0 Å². The molecule has 0 aromatic rings. The van der Waals surface area contributed by atoms with E-state index in [0.717, 1.165) is 89.9 Å². The SMILES string of the molecule is CC/C=C\C/C=C\C/C=C\C/C=C\C/C=C\C/C=C\CCCCC(=O)OC(/C=C/CCCCCCCCCCC)C(COP(=O)(O)OCC[N+](C)(C)C)NC(=O)CCCCCCCCCCCCCCC. The van der Waals surface area contributed by atoms with Crippen molar-refractivity contribution in [2.24, 2.45) is 0 Å². The van der Waals surface area contributed by atoms with Gasteiger partial charge in [-0.15, -0.1) is 0 Å². The third-order valence-electron chi connectivity index (χ3n) is 12.3. The van der Waals surface area contributed by atoms with Crippen LogP contribution in [0.25, 0.3) is 0 Å². The summed E-state index contributed by atoms with van der Waals surface area (Å²) in [4.78, 5) is 37.5.